The lowest BCUT2D eigenvalue weighted by Gasteiger charge is -2.34. The Morgan fingerprint density at radius 1 is 1.06 bits per heavy atom. The van der Waals surface area contributed by atoms with Crippen LogP contribution in [0.25, 0.3) is 22.0 Å². The molecule has 0 bridgehead atoms. The molecule has 0 aliphatic carbocycles. The van der Waals surface area contributed by atoms with Crippen LogP contribution in [0, 0.1) is 0 Å². The van der Waals surface area contributed by atoms with Gasteiger partial charge in [0.05, 0.1) is 24.6 Å². The molecule has 1 saturated heterocycles. The third kappa shape index (κ3) is 4.49. The van der Waals surface area contributed by atoms with Crippen molar-refractivity contribution >= 4 is 22.4 Å². The van der Waals surface area contributed by atoms with Crippen LogP contribution < -0.4 is 4.90 Å². The Labute approximate surface area is 192 Å². The molecular formula is C26H26FN5O. The highest BCUT2D eigenvalue weighted by atomic mass is 19.1. The number of benzene rings is 1. The van der Waals surface area contributed by atoms with Crippen LogP contribution in [-0.2, 0) is 13.5 Å². The van der Waals surface area contributed by atoms with Crippen molar-refractivity contribution in [2.45, 2.75) is 31.9 Å². The number of rotatable bonds is 5. The van der Waals surface area contributed by atoms with Gasteiger partial charge in [-0.1, -0.05) is 12.1 Å². The van der Waals surface area contributed by atoms with Crippen LogP contribution in [0.3, 0.4) is 0 Å². The van der Waals surface area contributed by atoms with Crippen LogP contribution in [0.5, 0.6) is 0 Å². The molecule has 0 spiro atoms. The van der Waals surface area contributed by atoms with Gasteiger partial charge in [-0.05, 0) is 49.4 Å². The van der Waals surface area contributed by atoms with Gasteiger partial charge in [-0.15, -0.1) is 0 Å². The van der Waals surface area contributed by atoms with Gasteiger partial charge in [0.15, 0.2) is 5.78 Å². The molecule has 1 aliphatic heterocycles. The third-order valence-corrected chi connectivity index (χ3v) is 6.43. The van der Waals surface area contributed by atoms with Crippen molar-refractivity contribution in [3.05, 3.63) is 72.6 Å². The molecular weight excluding hydrogens is 417 g/mol. The van der Waals surface area contributed by atoms with Gasteiger partial charge in [0, 0.05) is 54.7 Å². The van der Waals surface area contributed by atoms with Crippen molar-refractivity contribution in [2.24, 2.45) is 7.05 Å². The number of aromatic nitrogens is 4. The lowest BCUT2D eigenvalue weighted by molar-refractivity contribution is 0.0991. The second-order valence-electron chi connectivity index (χ2n) is 9.03. The predicted molar refractivity (Wildman–Crippen MR) is 127 cm³/mol. The number of hydrogen-bond donors (Lipinski definition) is 0. The maximum absolute atomic E-state index is 14.1. The second-order valence-corrected chi connectivity index (χ2v) is 9.03. The molecule has 0 atom stereocenters. The number of carbonyl (C=O) groups is 1. The summed E-state index contributed by atoms with van der Waals surface area (Å²) in [6, 6.07) is 11.7. The first-order chi connectivity index (χ1) is 15.9. The quantitative estimate of drug-likeness (QED) is 0.415. The number of aryl methyl sites for hydroxylation is 1. The van der Waals surface area contributed by atoms with Gasteiger partial charge < -0.3 is 9.47 Å². The summed E-state index contributed by atoms with van der Waals surface area (Å²) in [5.41, 5.74) is 2.29. The number of carbonyl (C=O) groups excluding carboxylic acids is 1. The minimum absolute atomic E-state index is 0.0133. The van der Waals surface area contributed by atoms with E-state index in [2.05, 4.69) is 27.1 Å². The van der Waals surface area contributed by atoms with Crippen LogP contribution in [0.1, 0.15) is 35.8 Å². The zero-order chi connectivity index (χ0) is 23.0. The summed E-state index contributed by atoms with van der Waals surface area (Å²) in [6.07, 6.45) is 8.22. The molecule has 0 N–H and O–H groups in total. The van der Waals surface area contributed by atoms with Gasteiger partial charge in [-0.3, -0.25) is 9.78 Å². The summed E-state index contributed by atoms with van der Waals surface area (Å²) in [7, 11) is 1.96. The Balaban J connectivity index is 1.35. The van der Waals surface area contributed by atoms with E-state index in [4.69, 9.17) is 0 Å². The fraction of sp³-hybridized carbons (Fsp3) is 0.308. The molecule has 4 aromatic rings. The van der Waals surface area contributed by atoms with Gasteiger partial charge in [0.25, 0.3) is 0 Å². The van der Waals surface area contributed by atoms with Crippen molar-refractivity contribution in [3.63, 3.8) is 0 Å². The number of ketones is 1. The van der Waals surface area contributed by atoms with Crippen LogP contribution in [0.2, 0.25) is 0 Å². The normalized spacial score (nSPS) is 15.7. The van der Waals surface area contributed by atoms with E-state index >= 15 is 0 Å². The second kappa shape index (κ2) is 8.39. The maximum atomic E-state index is 14.1. The number of Topliss-reactive ketones (excluding diaryl/α,β-unsaturated/α-hetero) is 1. The molecule has 4 heterocycles. The summed E-state index contributed by atoms with van der Waals surface area (Å²) in [5.74, 6) is 0.712. The van der Waals surface area contributed by atoms with Crippen molar-refractivity contribution < 1.29 is 9.18 Å². The SMILES string of the molecule is Cn1cncc1-c1ccc2cnc(CC(=O)c3ccnc(N4CCC(C)(F)CC4)c3)cc2c1. The van der Waals surface area contributed by atoms with Crippen molar-refractivity contribution in [1.82, 2.24) is 19.5 Å². The number of piperidine rings is 1. The molecule has 0 saturated carbocycles. The van der Waals surface area contributed by atoms with E-state index in [1.165, 1.54) is 0 Å². The van der Waals surface area contributed by atoms with E-state index in [1.54, 1.807) is 25.5 Å². The van der Waals surface area contributed by atoms with E-state index in [1.807, 2.05) is 47.1 Å². The van der Waals surface area contributed by atoms with Crippen LogP contribution >= 0.6 is 0 Å². The number of alkyl halides is 1. The summed E-state index contributed by atoms with van der Waals surface area (Å²) in [6.45, 7) is 2.85. The fourth-order valence-corrected chi connectivity index (χ4v) is 4.31. The first-order valence-corrected chi connectivity index (χ1v) is 11.2. The Kier molecular flexibility index (Phi) is 5.40. The predicted octanol–water partition coefficient (Wildman–Crippen LogP) is 4.78. The minimum Gasteiger partial charge on any atom is -0.356 e. The van der Waals surface area contributed by atoms with Gasteiger partial charge in [0.2, 0.25) is 0 Å². The standard InChI is InChI=1S/C26H26FN5O/c1-26(27)6-9-32(10-7-26)25-13-19(5-8-29-25)24(33)14-22-12-21-11-18(3-4-20(21)15-30-22)23-16-28-17-31(23)2/h3-5,8,11-13,15-17H,6-7,9-10,14H2,1-2H3. The lowest BCUT2D eigenvalue weighted by Crippen LogP contribution is -2.40. The van der Waals surface area contributed by atoms with Gasteiger partial charge in [-0.25, -0.2) is 14.4 Å². The number of halogens is 1. The molecule has 5 rings (SSSR count). The Hall–Kier alpha value is -3.61. The van der Waals surface area contributed by atoms with Crippen molar-refractivity contribution in [3.8, 4) is 11.3 Å². The summed E-state index contributed by atoms with van der Waals surface area (Å²) < 4.78 is 16.1. The third-order valence-electron chi connectivity index (χ3n) is 6.43. The van der Waals surface area contributed by atoms with Gasteiger partial charge in [0.1, 0.15) is 11.5 Å². The molecule has 0 amide bonds. The van der Waals surface area contributed by atoms with E-state index in [0.717, 1.165) is 33.5 Å². The van der Waals surface area contributed by atoms with E-state index in [9.17, 15) is 9.18 Å². The smallest absolute Gasteiger partial charge is 0.169 e. The summed E-state index contributed by atoms with van der Waals surface area (Å²) in [5, 5.41) is 2.05. The number of hydrogen-bond acceptors (Lipinski definition) is 5. The van der Waals surface area contributed by atoms with Crippen LogP contribution in [0.15, 0.2) is 61.3 Å². The van der Waals surface area contributed by atoms with E-state index < -0.39 is 5.67 Å². The first kappa shape index (κ1) is 21.2. The first-order valence-electron chi connectivity index (χ1n) is 11.2. The average Bonchev–Trinajstić information content (AvgIpc) is 3.24. The van der Waals surface area contributed by atoms with Crippen LogP contribution in [-0.4, -0.2) is 44.1 Å². The highest BCUT2D eigenvalue weighted by Gasteiger charge is 2.30. The Morgan fingerprint density at radius 2 is 1.88 bits per heavy atom. The molecule has 3 aromatic heterocycles. The molecule has 1 aromatic carbocycles. The number of nitrogens with zero attached hydrogens (tertiary/aromatic N) is 5. The van der Waals surface area contributed by atoms with Crippen LogP contribution in [0.4, 0.5) is 10.2 Å². The number of anilines is 1. The molecule has 33 heavy (non-hydrogen) atoms. The topological polar surface area (TPSA) is 63.9 Å². The summed E-state index contributed by atoms with van der Waals surface area (Å²) >= 11 is 0. The van der Waals surface area contributed by atoms with Crippen molar-refractivity contribution in [2.75, 3.05) is 18.0 Å². The number of pyridine rings is 2. The minimum atomic E-state index is -1.12. The van der Waals surface area contributed by atoms with Crippen molar-refractivity contribution in [1.29, 1.82) is 0 Å². The average molecular weight is 444 g/mol. The zero-order valence-electron chi connectivity index (χ0n) is 18.8. The molecule has 0 unspecified atom stereocenters. The van der Waals surface area contributed by atoms with E-state index in [0.29, 0.717) is 31.5 Å². The Bertz CT molecular complexity index is 1320. The molecule has 0 radical (unpaired) electrons. The monoisotopic (exact) mass is 443 g/mol. The number of fused-ring (bicyclic) bond motifs is 1. The van der Waals surface area contributed by atoms with E-state index in [-0.39, 0.29) is 12.2 Å². The fourth-order valence-electron chi connectivity index (χ4n) is 4.31. The summed E-state index contributed by atoms with van der Waals surface area (Å²) in [4.78, 5) is 28.2. The van der Waals surface area contributed by atoms with Gasteiger partial charge in [-0.2, -0.15) is 0 Å². The maximum Gasteiger partial charge on any atom is 0.169 e. The molecule has 1 fully saturated rings. The molecule has 6 nitrogen and oxygen atoms in total. The Morgan fingerprint density at radius 3 is 2.64 bits per heavy atom. The largest absolute Gasteiger partial charge is 0.356 e. The highest BCUT2D eigenvalue weighted by Crippen LogP contribution is 2.28. The molecule has 7 heteroatoms. The lowest BCUT2D eigenvalue weighted by atomic mass is 9.95. The van der Waals surface area contributed by atoms with Gasteiger partial charge >= 0.3 is 0 Å². The number of imidazole rings is 1. The molecule has 168 valence electrons. The zero-order valence-corrected chi connectivity index (χ0v) is 18.8. The molecule has 1 aliphatic rings. The highest BCUT2D eigenvalue weighted by molar-refractivity contribution is 5.98.